The van der Waals surface area contributed by atoms with E-state index in [1.807, 2.05) is 6.07 Å². The normalized spacial score (nSPS) is 15.8. The minimum atomic E-state index is 0.580. The molecule has 0 saturated heterocycles. The number of ether oxygens (including phenoxy) is 1. The van der Waals surface area contributed by atoms with Gasteiger partial charge in [-0.15, -0.1) is 0 Å². The Kier molecular flexibility index (Phi) is 5.63. The lowest BCUT2D eigenvalue weighted by atomic mass is 9.93. The molecular weight excluding hydrogens is 344 g/mol. The van der Waals surface area contributed by atoms with E-state index in [1.165, 1.54) is 27.9 Å². The van der Waals surface area contributed by atoms with Gasteiger partial charge in [0.2, 0.25) is 0 Å². The molecule has 0 fully saturated rings. The zero-order chi connectivity index (χ0) is 19.3. The third-order valence-electron chi connectivity index (χ3n) is 5.26. The molecule has 3 aromatic carbocycles. The third kappa shape index (κ3) is 4.55. The number of hydrogen-bond donors (Lipinski definition) is 1. The Morgan fingerprint density at radius 2 is 1.68 bits per heavy atom. The highest BCUT2D eigenvalue weighted by Gasteiger charge is 2.19. The van der Waals surface area contributed by atoms with Gasteiger partial charge in [-0.25, -0.2) is 0 Å². The molecule has 4 rings (SSSR count). The van der Waals surface area contributed by atoms with Crippen LogP contribution in [0.2, 0.25) is 0 Å². The molecule has 1 N–H and O–H groups in total. The van der Waals surface area contributed by atoms with Crippen LogP contribution in [-0.2, 0) is 13.0 Å². The molecule has 0 spiro atoms. The largest absolute Gasteiger partial charge is 0.489 e. The van der Waals surface area contributed by atoms with Gasteiger partial charge < -0.3 is 15.0 Å². The SMILES string of the molecule is CN(C)CC1CNc2cc(OCc3ccc(-c4ccccc4)cc3)ccc2C1. The molecular formula is C25H28N2O. The summed E-state index contributed by atoms with van der Waals surface area (Å²) >= 11 is 0. The van der Waals surface area contributed by atoms with E-state index in [0.29, 0.717) is 12.5 Å². The highest BCUT2D eigenvalue weighted by molar-refractivity contribution is 5.63. The molecule has 28 heavy (non-hydrogen) atoms. The van der Waals surface area contributed by atoms with Crippen molar-refractivity contribution in [1.29, 1.82) is 0 Å². The van der Waals surface area contributed by atoms with Gasteiger partial charge in [-0.05, 0) is 54.8 Å². The summed E-state index contributed by atoms with van der Waals surface area (Å²) in [7, 11) is 4.28. The van der Waals surface area contributed by atoms with E-state index in [0.717, 1.165) is 25.3 Å². The number of hydrogen-bond acceptors (Lipinski definition) is 3. The van der Waals surface area contributed by atoms with E-state index in [1.54, 1.807) is 0 Å². The van der Waals surface area contributed by atoms with Crippen molar-refractivity contribution in [3.8, 4) is 16.9 Å². The summed E-state index contributed by atoms with van der Waals surface area (Å²) in [6.45, 7) is 2.72. The fourth-order valence-corrected chi connectivity index (χ4v) is 3.86. The van der Waals surface area contributed by atoms with Crippen LogP contribution < -0.4 is 10.1 Å². The zero-order valence-electron chi connectivity index (χ0n) is 16.7. The summed E-state index contributed by atoms with van der Waals surface area (Å²) in [5, 5.41) is 3.58. The van der Waals surface area contributed by atoms with Gasteiger partial charge in [0.15, 0.2) is 0 Å². The number of fused-ring (bicyclic) bond motifs is 1. The summed E-state index contributed by atoms with van der Waals surface area (Å²) in [6, 6.07) is 25.5. The molecule has 0 bridgehead atoms. The van der Waals surface area contributed by atoms with E-state index < -0.39 is 0 Å². The lowest BCUT2D eigenvalue weighted by Gasteiger charge is -2.28. The highest BCUT2D eigenvalue weighted by atomic mass is 16.5. The second-order valence-electron chi connectivity index (χ2n) is 7.88. The molecule has 0 radical (unpaired) electrons. The van der Waals surface area contributed by atoms with E-state index in [2.05, 4.69) is 91.0 Å². The summed E-state index contributed by atoms with van der Waals surface area (Å²) in [4.78, 5) is 2.26. The van der Waals surface area contributed by atoms with Gasteiger partial charge >= 0.3 is 0 Å². The fraction of sp³-hybridized carbons (Fsp3) is 0.280. The second-order valence-corrected chi connectivity index (χ2v) is 7.88. The Balaban J connectivity index is 1.37. The molecule has 3 heteroatoms. The Labute approximate surface area is 168 Å². The average Bonchev–Trinajstić information content (AvgIpc) is 2.73. The van der Waals surface area contributed by atoms with Crippen molar-refractivity contribution in [3.63, 3.8) is 0 Å². The fourth-order valence-electron chi connectivity index (χ4n) is 3.86. The molecule has 1 aliphatic heterocycles. The van der Waals surface area contributed by atoms with Gasteiger partial charge in [-0.1, -0.05) is 60.7 Å². The van der Waals surface area contributed by atoms with Crippen LogP contribution in [0, 0.1) is 5.92 Å². The number of nitrogens with zero attached hydrogens (tertiary/aromatic N) is 1. The molecule has 0 amide bonds. The maximum Gasteiger partial charge on any atom is 0.121 e. The lowest BCUT2D eigenvalue weighted by Crippen LogP contribution is -2.31. The van der Waals surface area contributed by atoms with Crippen molar-refractivity contribution in [1.82, 2.24) is 4.90 Å². The van der Waals surface area contributed by atoms with Crippen LogP contribution in [0.1, 0.15) is 11.1 Å². The molecule has 1 heterocycles. The van der Waals surface area contributed by atoms with Crippen molar-refractivity contribution in [3.05, 3.63) is 83.9 Å². The van der Waals surface area contributed by atoms with Crippen LogP contribution in [-0.4, -0.2) is 32.1 Å². The van der Waals surface area contributed by atoms with Gasteiger partial charge in [0.1, 0.15) is 12.4 Å². The minimum Gasteiger partial charge on any atom is -0.489 e. The molecule has 3 aromatic rings. The van der Waals surface area contributed by atoms with Gasteiger partial charge in [-0.2, -0.15) is 0 Å². The molecule has 1 unspecified atom stereocenters. The van der Waals surface area contributed by atoms with Crippen LogP contribution in [0.15, 0.2) is 72.8 Å². The Morgan fingerprint density at radius 3 is 2.43 bits per heavy atom. The molecule has 0 aromatic heterocycles. The van der Waals surface area contributed by atoms with E-state index >= 15 is 0 Å². The first-order valence-corrected chi connectivity index (χ1v) is 9.96. The van der Waals surface area contributed by atoms with Crippen LogP contribution in [0.4, 0.5) is 5.69 Å². The van der Waals surface area contributed by atoms with Crippen LogP contribution in [0.5, 0.6) is 5.75 Å². The number of nitrogens with one attached hydrogen (secondary N) is 1. The van der Waals surface area contributed by atoms with E-state index in [4.69, 9.17) is 4.74 Å². The molecule has 0 aliphatic carbocycles. The maximum atomic E-state index is 6.05. The van der Waals surface area contributed by atoms with Gasteiger partial charge in [0, 0.05) is 24.8 Å². The van der Waals surface area contributed by atoms with Crippen molar-refractivity contribution < 1.29 is 4.74 Å². The summed E-state index contributed by atoms with van der Waals surface area (Å²) in [6.07, 6.45) is 1.13. The quantitative estimate of drug-likeness (QED) is 0.653. The molecule has 144 valence electrons. The Morgan fingerprint density at radius 1 is 0.929 bits per heavy atom. The summed E-state index contributed by atoms with van der Waals surface area (Å²) in [5.74, 6) is 1.59. The minimum absolute atomic E-state index is 0.580. The summed E-state index contributed by atoms with van der Waals surface area (Å²) < 4.78 is 6.05. The number of rotatable bonds is 6. The smallest absolute Gasteiger partial charge is 0.121 e. The first-order chi connectivity index (χ1) is 13.7. The van der Waals surface area contributed by atoms with Gasteiger partial charge in [0.05, 0.1) is 0 Å². The molecule has 1 atom stereocenters. The highest BCUT2D eigenvalue weighted by Crippen LogP contribution is 2.29. The first-order valence-electron chi connectivity index (χ1n) is 9.96. The zero-order valence-corrected chi connectivity index (χ0v) is 16.7. The number of anilines is 1. The molecule has 1 aliphatic rings. The topological polar surface area (TPSA) is 24.5 Å². The predicted molar refractivity (Wildman–Crippen MR) is 117 cm³/mol. The Hall–Kier alpha value is -2.78. The maximum absolute atomic E-state index is 6.05. The van der Waals surface area contributed by atoms with Crippen molar-refractivity contribution in [2.24, 2.45) is 5.92 Å². The van der Waals surface area contributed by atoms with Crippen LogP contribution in [0.3, 0.4) is 0 Å². The van der Waals surface area contributed by atoms with E-state index in [9.17, 15) is 0 Å². The third-order valence-corrected chi connectivity index (χ3v) is 5.26. The molecule has 0 saturated carbocycles. The standard InChI is InChI=1S/C25H28N2O/c1-27(2)17-20-14-23-12-13-24(15-25(23)26-16-20)28-18-19-8-10-22(11-9-19)21-6-4-3-5-7-21/h3-13,15,20,26H,14,16-18H2,1-2H3. The monoisotopic (exact) mass is 372 g/mol. The number of benzene rings is 3. The van der Waals surface area contributed by atoms with Crippen molar-refractivity contribution in [2.75, 3.05) is 32.5 Å². The van der Waals surface area contributed by atoms with Crippen molar-refractivity contribution >= 4 is 5.69 Å². The second kappa shape index (κ2) is 8.49. The van der Waals surface area contributed by atoms with Crippen molar-refractivity contribution in [2.45, 2.75) is 13.0 Å². The predicted octanol–water partition coefficient (Wildman–Crippen LogP) is 5.08. The average molecular weight is 373 g/mol. The van der Waals surface area contributed by atoms with Gasteiger partial charge in [-0.3, -0.25) is 0 Å². The lowest BCUT2D eigenvalue weighted by molar-refractivity contribution is 0.305. The van der Waals surface area contributed by atoms with Crippen LogP contribution >= 0.6 is 0 Å². The molecule has 3 nitrogen and oxygen atoms in total. The Bertz CT molecular complexity index is 904. The van der Waals surface area contributed by atoms with Crippen LogP contribution in [0.25, 0.3) is 11.1 Å². The van der Waals surface area contributed by atoms with E-state index in [-0.39, 0.29) is 0 Å². The van der Waals surface area contributed by atoms with Gasteiger partial charge in [0.25, 0.3) is 0 Å². The summed E-state index contributed by atoms with van der Waals surface area (Å²) in [5.41, 5.74) is 6.25. The first kappa shape index (κ1) is 18.6.